The van der Waals surface area contributed by atoms with Crippen LogP contribution >= 0.6 is 11.8 Å². The molecule has 2 rings (SSSR count). The van der Waals surface area contributed by atoms with Gasteiger partial charge < -0.3 is 10.4 Å². The highest BCUT2D eigenvalue weighted by atomic mass is 32.2. The molecule has 0 aromatic heterocycles. The molecule has 0 heterocycles. The molecular weight excluding hydrogens is 270 g/mol. The van der Waals surface area contributed by atoms with Gasteiger partial charge in [-0.3, -0.25) is 4.79 Å². The minimum atomic E-state index is -0.0883. The van der Waals surface area contributed by atoms with E-state index in [-0.39, 0.29) is 18.6 Å². The summed E-state index contributed by atoms with van der Waals surface area (Å²) in [5.41, 5.74) is 2.26. The average molecular weight is 293 g/mol. The molecule has 0 unspecified atom stereocenters. The number of nitrogens with one attached hydrogen (secondary N) is 1. The van der Waals surface area contributed by atoms with Gasteiger partial charge in [0.25, 0.3) is 0 Å². The summed E-state index contributed by atoms with van der Waals surface area (Å²) in [6.07, 6.45) is 3.21. The lowest BCUT2D eigenvalue weighted by Crippen LogP contribution is -2.30. The second-order valence-corrected chi connectivity index (χ2v) is 6.53. The minimum absolute atomic E-state index is 0.0645. The van der Waals surface area contributed by atoms with Crippen LogP contribution in [0.1, 0.15) is 36.4 Å². The molecule has 0 bridgehead atoms. The molecule has 0 spiro atoms. The second-order valence-electron chi connectivity index (χ2n) is 5.50. The van der Waals surface area contributed by atoms with Gasteiger partial charge in [-0.15, -0.1) is 0 Å². The fourth-order valence-electron chi connectivity index (χ4n) is 2.09. The topological polar surface area (TPSA) is 49.3 Å². The number of aryl methyl sites for hydroxylation is 1. The van der Waals surface area contributed by atoms with Gasteiger partial charge >= 0.3 is 0 Å². The summed E-state index contributed by atoms with van der Waals surface area (Å²) in [5.74, 6) is 2.53. The van der Waals surface area contributed by atoms with E-state index < -0.39 is 0 Å². The molecule has 1 aliphatic carbocycles. The zero-order valence-electron chi connectivity index (χ0n) is 12.0. The second kappa shape index (κ2) is 7.70. The van der Waals surface area contributed by atoms with Gasteiger partial charge in [0.05, 0.1) is 11.8 Å². The summed E-state index contributed by atoms with van der Waals surface area (Å²) in [5, 5.41) is 12.2. The Hall–Kier alpha value is -1.00. The molecule has 1 aromatic rings. The number of carbonyl (C=O) groups excluding carboxylic acids is 1. The number of benzene rings is 1. The Balaban J connectivity index is 1.83. The molecule has 1 atom stereocenters. The van der Waals surface area contributed by atoms with Crippen molar-refractivity contribution >= 4 is 17.7 Å². The Bertz CT molecular complexity index is 429. The van der Waals surface area contributed by atoms with Gasteiger partial charge in [-0.05, 0) is 43.4 Å². The monoisotopic (exact) mass is 293 g/mol. The third kappa shape index (κ3) is 5.17. The molecule has 1 amide bonds. The summed E-state index contributed by atoms with van der Waals surface area (Å²) in [7, 11) is 0. The maximum atomic E-state index is 12.0. The third-order valence-electron chi connectivity index (χ3n) is 3.52. The van der Waals surface area contributed by atoms with E-state index in [4.69, 9.17) is 5.11 Å². The van der Waals surface area contributed by atoms with E-state index in [1.807, 2.05) is 31.2 Å². The van der Waals surface area contributed by atoms with Gasteiger partial charge in [0.1, 0.15) is 0 Å². The summed E-state index contributed by atoms with van der Waals surface area (Å²) in [6, 6.07) is 8.02. The zero-order chi connectivity index (χ0) is 14.4. The van der Waals surface area contributed by atoms with Crippen molar-refractivity contribution in [1.82, 2.24) is 5.32 Å². The number of thioether (sulfide) groups is 1. The summed E-state index contributed by atoms with van der Waals surface area (Å²) >= 11 is 1.72. The van der Waals surface area contributed by atoms with Crippen LogP contribution in [0.4, 0.5) is 0 Å². The predicted molar refractivity (Wildman–Crippen MR) is 83.8 cm³/mol. The highest BCUT2D eigenvalue weighted by Gasteiger charge is 2.21. The molecule has 1 fully saturated rings. The summed E-state index contributed by atoms with van der Waals surface area (Å²) in [4.78, 5) is 12.0. The number of amides is 1. The van der Waals surface area contributed by atoms with Crippen LogP contribution in [0, 0.1) is 12.8 Å². The highest BCUT2D eigenvalue weighted by Crippen LogP contribution is 2.32. The number of aliphatic hydroxyl groups excluding tert-OH is 1. The smallest absolute Gasteiger partial charge is 0.230 e. The summed E-state index contributed by atoms with van der Waals surface area (Å²) < 4.78 is 0. The van der Waals surface area contributed by atoms with Gasteiger partial charge in [-0.2, -0.15) is 11.8 Å². The first-order chi connectivity index (χ1) is 9.69. The van der Waals surface area contributed by atoms with Crippen LogP contribution in [-0.4, -0.2) is 29.1 Å². The van der Waals surface area contributed by atoms with Crippen molar-refractivity contribution in [3.8, 4) is 0 Å². The van der Waals surface area contributed by atoms with Gasteiger partial charge in [0, 0.05) is 6.61 Å². The van der Waals surface area contributed by atoms with Crippen LogP contribution in [0.2, 0.25) is 0 Å². The lowest BCUT2D eigenvalue weighted by molar-refractivity contribution is -0.119. The van der Waals surface area contributed by atoms with Crippen molar-refractivity contribution in [2.24, 2.45) is 5.92 Å². The first kappa shape index (κ1) is 15.4. The number of aliphatic hydroxyl groups is 1. The minimum Gasteiger partial charge on any atom is -0.396 e. The Morgan fingerprint density at radius 1 is 1.40 bits per heavy atom. The van der Waals surface area contributed by atoms with Gasteiger partial charge in [-0.25, -0.2) is 0 Å². The number of hydrogen-bond donors (Lipinski definition) is 2. The van der Waals surface area contributed by atoms with Gasteiger partial charge in [0.15, 0.2) is 0 Å². The largest absolute Gasteiger partial charge is 0.396 e. The molecule has 3 nitrogen and oxygen atoms in total. The first-order valence-electron chi connectivity index (χ1n) is 7.23. The molecule has 0 aliphatic heterocycles. The summed E-state index contributed by atoms with van der Waals surface area (Å²) in [6.45, 7) is 2.12. The third-order valence-corrected chi connectivity index (χ3v) is 4.69. The van der Waals surface area contributed by atoms with Crippen LogP contribution in [0.5, 0.6) is 0 Å². The zero-order valence-corrected chi connectivity index (χ0v) is 12.8. The lowest BCUT2D eigenvalue weighted by Gasteiger charge is -2.18. The Morgan fingerprint density at radius 3 is 2.70 bits per heavy atom. The Morgan fingerprint density at radius 2 is 2.10 bits per heavy atom. The van der Waals surface area contributed by atoms with Crippen molar-refractivity contribution < 1.29 is 9.90 Å². The fraction of sp³-hybridized carbons (Fsp3) is 0.562. The average Bonchev–Trinajstić information content (AvgIpc) is 3.23. The van der Waals surface area contributed by atoms with Crippen molar-refractivity contribution in [2.75, 3.05) is 18.1 Å². The van der Waals surface area contributed by atoms with Crippen LogP contribution in [-0.2, 0) is 4.79 Å². The normalized spacial score (nSPS) is 15.9. The molecule has 1 saturated carbocycles. The number of carbonyl (C=O) groups is 1. The van der Waals surface area contributed by atoms with E-state index in [1.54, 1.807) is 11.8 Å². The van der Waals surface area contributed by atoms with Crippen LogP contribution in [0.15, 0.2) is 24.3 Å². The standard InChI is InChI=1S/C16H23NO2S/c1-12-2-6-14(7-3-12)15(8-9-18)17-16(19)11-20-10-13-4-5-13/h2-3,6-7,13,15,18H,4-5,8-11H2,1H3,(H,17,19)/t15-/m0/s1. The van der Waals surface area contributed by atoms with E-state index in [2.05, 4.69) is 5.32 Å². The molecule has 2 N–H and O–H groups in total. The number of rotatable bonds is 8. The van der Waals surface area contributed by atoms with E-state index in [9.17, 15) is 4.79 Å². The fourth-order valence-corrected chi connectivity index (χ4v) is 3.14. The Labute approximate surface area is 125 Å². The maximum absolute atomic E-state index is 12.0. The number of hydrogen-bond acceptors (Lipinski definition) is 3. The van der Waals surface area contributed by atoms with E-state index in [0.717, 1.165) is 17.2 Å². The van der Waals surface area contributed by atoms with Crippen molar-refractivity contribution in [3.63, 3.8) is 0 Å². The predicted octanol–water partition coefficient (Wildman–Crippen LogP) is 2.68. The molecular formula is C16H23NO2S. The van der Waals surface area contributed by atoms with Crippen LogP contribution < -0.4 is 5.32 Å². The molecule has 0 saturated heterocycles. The SMILES string of the molecule is Cc1ccc([C@H](CCO)NC(=O)CSCC2CC2)cc1. The molecule has 1 aromatic carbocycles. The van der Waals surface area contributed by atoms with Crippen LogP contribution in [0.25, 0.3) is 0 Å². The maximum Gasteiger partial charge on any atom is 0.230 e. The van der Waals surface area contributed by atoms with Crippen molar-refractivity contribution in [3.05, 3.63) is 35.4 Å². The molecule has 20 heavy (non-hydrogen) atoms. The van der Waals surface area contributed by atoms with E-state index >= 15 is 0 Å². The lowest BCUT2D eigenvalue weighted by atomic mass is 10.0. The quantitative estimate of drug-likeness (QED) is 0.775. The van der Waals surface area contributed by atoms with E-state index in [1.165, 1.54) is 18.4 Å². The van der Waals surface area contributed by atoms with Crippen LogP contribution in [0.3, 0.4) is 0 Å². The first-order valence-corrected chi connectivity index (χ1v) is 8.39. The van der Waals surface area contributed by atoms with Crippen molar-refractivity contribution in [1.29, 1.82) is 0 Å². The highest BCUT2D eigenvalue weighted by molar-refractivity contribution is 7.99. The molecule has 4 heteroatoms. The molecule has 0 radical (unpaired) electrons. The van der Waals surface area contributed by atoms with Gasteiger partial charge in [-0.1, -0.05) is 29.8 Å². The van der Waals surface area contributed by atoms with Crippen molar-refractivity contribution in [2.45, 2.75) is 32.2 Å². The molecule has 1 aliphatic rings. The van der Waals surface area contributed by atoms with Gasteiger partial charge in [0.2, 0.25) is 5.91 Å². The Kier molecular flexibility index (Phi) is 5.92. The van der Waals surface area contributed by atoms with E-state index in [0.29, 0.717) is 12.2 Å². The molecule has 110 valence electrons.